The molecule has 5 rings (SSSR count). The number of hydrogen-bond donors (Lipinski definition) is 0. The standard InChI is InChI=1S/C34H40O3/c1-3-25(2)26-13-20-31(21-14-26)37-34(33-22-17-29-11-7-8-12-32(29)33)36-24-23-35-30-18-15-28(16-19-30)27-9-5-4-6-10-27/h7-8,11-22,25,27,33-34H,3-6,9-10,23-24H2,1-2H3. The van der Waals surface area contributed by atoms with Gasteiger partial charge < -0.3 is 14.2 Å². The zero-order chi connectivity index (χ0) is 25.5. The van der Waals surface area contributed by atoms with Crippen molar-refractivity contribution in [3.8, 4) is 11.5 Å². The van der Waals surface area contributed by atoms with Crippen molar-refractivity contribution in [1.82, 2.24) is 0 Å². The normalized spacial score (nSPS) is 18.8. The summed E-state index contributed by atoms with van der Waals surface area (Å²) in [6, 6.07) is 25.6. The van der Waals surface area contributed by atoms with Crippen LogP contribution in [0.2, 0.25) is 0 Å². The third-order valence-electron chi connectivity index (χ3n) is 8.04. The highest BCUT2D eigenvalue weighted by Crippen LogP contribution is 2.36. The van der Waals surface area contributed by atoms with Crippen LogP contribution in [-0.2, 0) is 4.74 Å². The second-order valence-corrected chi connectivity index (χ2v) is 10.5. The Bertz CT molecular complexity index is 1140. The Morgan fingerprint density at radius 2 is 1.54 bits per heavy atom. The molecule has 3 aromatic rings. The van der Waals surface area contributed by atoms with Gasteiger partial charge in [-0.25, -0.2) is 0 Å². The van der Waals surface area contributed by atoms with E-state index in [9.17, 15) is 0 Å². The molecule has 2 aliphatic carbocycles. The zero-order valence-corrected chi connectivity index (χ0v) is 22.3. The second kappa shape index (κ2) is 12.5. The van der Waals surface area contributed by atoms with Crippen molar-refractivity contribution in [2.45, 2.75) is 76.4 Å². The Morgan fingerprint density at radius 3 is 2.30 bits per heavy atom. The molecule has 1 fully saturated rings. The number of hydrogen-bond acceptors (Lipinski definition) is 3. The third-order valence-corrected chi connectivity index (χ3v) is 8.04. The van der Waals surface area contributed by atoms with Gasteiger partial charge in [-0.15, -0.1) is 0 Å². The molecule has 0 amide bonds. The first-order valence-corrected chi connectivity index (χ1v) is 14.1. The molecule has 0 N–H and O–H groups in total. The van der Waals surface area contributed by atoms with Crippen LogP contribution in [-0.4, -0.2) is 19.5 Å². The second-order valence-electron chi connectivity index (χ2n) is 10.5. The zero-order valence-electron chi connectivity index (χ0n) is 22.3. The molecule has 3 unspecified atom stereocenters. The van der Waals surface area contributed by atoms with Crippen LogP contribution in [0.1, 0.15) is 92.4 Å². The highest BCUT2D eigenvalue weighted by Gasteiger charge is 2.28. The molecule has 0 bridgehead atoms. The molecule has 0 radical (unpaired) electrons. The van der Waals surface area contributed by atoms with Crippen LogP contribution in [0.15, 0.2) is 78.9 Å². The Balaban J connectivity index is 1.20. The van der Waals surface area contributed by atoms with Gasteiger partial charge in [0.25, 0.3) is 0 Å². The lowest BCUT2D eigenvalue weighted by atomic mass is 9.84. The average molecular weight is 497 g/mol. The number of ether oxygens (including phenoxy) is 3. The van der Waals surface area contributed by atoms with E-state index >= 15 is 0 Å². The van der Waals surface area contributed by atoms with Gasteiger partial charge in [0.2, 0.25) is 6.29 Å². The maximum absolute atomic E-state index is 6.43. The van der Waals surface area contributed by atoms with Gasteiger partial charge in [-0.1, -0.05) is 93.8 Å². The van der Waals surface area contributed by atoms with Gasteiger partial charge in [0.15, 0.2) is 0 Å². The van der Waals surface area contributed by atoms with E-state index in [-0.39, 0.29) is 5.92 Å². The number of rotatable bonds is 11. The van der Waals surface area contributed by atoms with Gasteiger partial charge in [0.1, 0.15) is 18.1 Å². The minimum absolute atomic E-state index is 0.0419. The predicted molar refractivity (Wildman–Crippen MR) is 151 cm³/mol. The minimum atomic E-state index is -0.424. The van der Waals surface area contributed by atoms with Crippen LogP contribution in [0, 0.1) is 0 Å². The fourth-order valence-electron chi connectivity index (χ4n) is 5.57. The Hall–Kier alpha value is -3.04. The summed E-state index contributed by atoms with van der Waals surface area (Å²) < 4.78 is 18.8. The lowest BCUT2D eigenvalue weighted by Crippen LogP contribution is -2.29. The van der Waals surface area contributed by atoms with Gasteiger partial charge in [0, 0.05) is 0 Å². The quantitative estimate of drug-likeness (QED) is 0.196. The van der Waals surface area contributed by atoms with E-state index in [0.717, 1.165) is 17.9 Å². The summed E-state index contributed by atoms with van der Waals surface area (Å²) in [5, 5.41) is 0. The molecular weight excluding hydrogens is 456 g/mol. The van der Waals surface area contributed by atoms with E-state index in [4.69, 9.17) is 14.2 Å². The topological polar surface area (TPSA) is 27.7 Å². The molecule has 1 saturated carbocycles. The molecule has 0 aliphatic heterocycles. The number of benzene rings is 3. The van der Waals surface area contributed by atoms with Crippen LogP contribution in [0.25, 0.3) is 6.08 Å². The molecule has 0 spiro atoms. The van der Waals surface area contributed by atoms with Crippen molar-refractivity contribution >= 4 is 6.08 Å². The third kappa shape index (κ3) is 6.45. The highest BCUT2D eigenvalue weighted by molar-refractivity contribution is 5.62. The fraction of sp³-hybridized carbons (Fsp3) is 0.412. The van der Waals surface area contributed by atoms with Crippen LogP contribution >= 0.6 is 0 Å². The molecule has 0 heterocycles. The molecule has 0 saturated heterocycles. The van der Waals surface area contributed by atoms with E-state index in [1.807, 2.05) is 0 Å². The first-order valence-electron chi connectivity index (χ1n) is 14.1. The smallest absolute Gasteiger partial charge is 0.210 e. The molecule has 3 aromatic carbocycles. The van der Waals surface area contributed by atoms with Crippen molar-refractivity contribution in [2.24, 2.45) is 0 Å². The lowest BCUT2D eigenvalue weighted by Gasteiger charge is -2.25. The van der Waals surface area contributed by atoms with E-state index in [0.29, 0.717) is 25.0 Å². The molecule has 3 atom stereocenters. The van der Waals surface area contributed by atoms with Crippen LogP contribution in [0.5, 0.6) is 11.5 Å². The predicted octanol–water partition coefficient (Wildman–Crippen LogP) is 8.86. The molecule has 2 aliphatic rings. The maximum Gasteiger partial charge on any atom is 0.210 e. The molecule has 0 aromatic heterocycles. The largest absolute Gasteiger partial charge is 0.491 e. The van der Waals surface area contributed by atoms with Crippen molar-refractivity contribution < 1.29 is 14.2 Å². The van der Waals surface area contributed by atoms with Crippen molar-refractivity contribution in [1.29, 1.82) is 0 Å². The minimum Gasteiger partial charge on any atom is -0.491 e. The van der Waals surface area contributed by atoms with Crippen molar-refractivity contribution in [3.05, 3.63) is 101 Å². The summed E-state index contributed by atoms with van der Waals surface area (Å²) >= 11 is 0. The van der Waals surface area contributed by atoms with Gasteiger partial charge in [0.05, 0.1) is 12.5 Å². The highest BCUT2D eigenvalue weighted by atomic mass is 16.7. The molecule has 37 heavy (non-hydrogen) atoms. The average Bonchev–Trinajstić information content (AvgIpc) is 3.39. The van der Waals surface area contributed by atoms with E-state index < -0.39 is 6.29 Å². The lowest BCUT2D eigenvalue weighted by molar-refractivity contribution is -0.0940. The molecular formula is C34H40O3. The first-order chi connectivity index (χ1) is 18.2. The fourth-order valence-corrected chi connectivity index (χ4v) is 5.57. The van der Waals surface area contributed by atoms with Crippen molar-refractivity contribution in [2.75, 3.05) is 13.2 Å². The van der Waals surface area contributed by atoms with Gasteiger partial charge in [-0.3, -0.25) is 0 Å². The first kappa shape index (κ1) is 25.6. The summed E-state index contributed by atoms with van der Waals surface area (Å²) in [6.45, 7) is 5.40. The number of fused-ring (bicyclic) bond motifs is 1. The van der Waals surface area contributed by atoms with Gasteiger partial charge in [-0.2, -0.15) is 0 Å². The Morgan fingerprint density at radius 1 is 0.811 bits per heavy atom. The van der Waals surface area contributed by atoms with E-state index in [1.54, 1.807) is 0 Å². The SMILES string of the molecule is CCC(C)c1ccc(OC(OCCOc2ccc(C3CCCCC3)cc2)C2C=Cc3ccccc32)cc1. The van der Waals surface area contributed by atoms with Crippen molar-refractivity contribution in [3.63, 3.8) is 0 Å². The summed E-state index contributed by atoms with van der Waals surface area (Å²) in [4.78, 5) is 0. The Kier molecular flexibility index (Phi) is 8.63. The molecule has 3 heteroatoms. The summed E-state index contributed by atoms with van der Waals surface area (Å²) in [5.74, 6) is 3.02. The van der Waals surface area contributed by atoms with Gasteiger partial charge >= 0.3 is 0 Å². The summed E-state index contributed by atoms with van der Waals surface area (Å²) in [5.41, 5.74) is 5.25. The van der Waals surface area contributed by atoms with E-state index in [1.165, 1.54) is 54.4 Å². The molecule has 194 valence electrons. The van der Waals surface area contributed by atoms with Crippen LogP contribution in [0.3, 0.4) is 0 Å². The monoisotopic (exact) mass is 496 g/mol. The summed E-state index contributed by atoms with van der Waals surface area (Å²) in [6.07, 6.45) is 11.8. The maximum atomic E-state index is 6.43. The van der Waals surface area contributed by atoms with Crippen LogP contribution < -0.4 is 9.47 Å². The van der Waals surface area contributed by atoms with Crippen LogP contribution in [0.4, 0.5) is 0 Å². The summed E-state index contributed by atoms with van der Waals surface area (Å²) in [7, 11) is 0. The van der Waals surface area contributed by atoms with E-state index in [2.05, 4.69) is 98.8 Å². The van der Waals surface area contributed by atoms with Gasteiger partial charge in [-0.05, 0) is 77.6 Å². The Labute approximate surface area is 222 Å². The molecule has 3 nitrogen and oxygen atoms in total.